The van der Waals surface area contributed by atoms with Crippen LogP contribution in [0.3, 0.4) is 0 Å². The molecule has 0 amide bonds. The Morgan fingerprint density at radius 1 is 0.591 bits per heavy atom. The molecule has 0 aromatic heterocycles. The van der Waals surface area contributed by atoms with E-state index in [4.69, 9.17) is 5.26 Å². The lowest BCUT2D eigenvalue weighted by Gasteiger charge is -2.03. The summed E-state index contributed by atoms with van der Waals surface area (Å²) in [6.07, 6.45) is 18.5. The fourth-order valence-corrected chi connectivity index (χ4v) is 2.42. The maximum Gasteiger partial charge on any atom is 0.0855 e. The molecule has 0 aromatic carbocycles. The topological polar surface area (TPSA) is 88.7 Å². The van der Waals surface area contributed by atoms with Crippen LogP contribution in [0.15, 0.2) is 0 Å². The quantitative estimate of drug-likeness (QED) is 0.219. The van der Waals surface area contributed by atoms with Crippen LogP contribution in [0.25, 0.3) is 0 Å². The Morgan fingerprint density at radius 3 is 1.41 bits per heavy atom. The molecule has 0 radical (unpaired) electrons. The van der Waals surface area contributed by atoms with Gasteiger partial charge < -0.3 is 5.48 Å². The van der Waals surface area contributed by atoms with Gasteiger partial charge in [-0.25, -0.2) is 10.1 Å². The molecule has 0 heterocycles. The molecule has 0 aliphatic rings. The first-order valence-electron chi connectivity index (χ1n) is 8.68. The highest BCUT2D eigenvalue weighted by atomic mass is 17.8. The summed E-state index contributed by atoms with van der Waals surface area (Å²) in [5, 5.41) is 18.7. The molecule has 0 unspecified atom stereocenters. The highest BCUT2D eigenvalue weighted by molar-refractivity contribution is 4.49. The van der Waals surface area contributed by atoms with Crippen LogP contribution in [0.2, 0.25) is 0 Å². The zero-order valence-electron chi connectivity index (χ0n) is 14.2. The van der Waals surface area contributed by atoms with Gasteiger partial charge in [0, 0.05) is 0 Å². The van der Waals surface area contributed by atoms with Crippen molar-refractivity contribution in [3.8, 4) is 0 Å². The van der Waals surface area contributed by atoms with Gasteiger partial charge >= 0.3 is 0 Å². The highest BCUT2D eigenvalue weighted by Crippen LogP contribution is 2.12. The van der Waals surface area contributed by atoms with E-state index in [2.05, 4.69) is 26.9 Å². The fraction of sp³-hybridized carbons (Fsp3) is 1.00. The molecule has 0 aliphatic carbocycles. The van der Waals surface area contributed by atoms with Crippen LogP contribution in [-0.2, 0) is 20.0 Å². The molecule has 136 valence electrons. The zero-order valence-corrected chi connectivity index (χ0v) is 14.2. The van der Waals surface area contributed by atoms with Gasteiger partial charge in [0.2, 0.25) is 0 Å². The SMILES string of the molecule is CCCCCCCCCCCCCCCCOOOOO.O. The molecule has 0 saturated heterocycles. The van der Waals surface area contributed by atoms with E-state index in [0.29, 0.717) is 6.61 Å². The van der Waals surface area contributed by atoms with Crippen molar-refractivity contribution in [3.63, 3.8) is 0 Å². The van der Waals surface area contributed by atoms with Crippen LogP contribution in [0.1, 0.15) is 96.8 Å². The number of rotatable bonds is 18. The van der Waals surface area contributed by atoms with E-state index in [1.807, 2.05) is 0 Å². The Labute approximate surface area is 135 Å². The minimum absolute atomic E-state index is 0. The molecule has 0 saturated carbocycles. The van der Waals surface area contributed by atoms with Gasteiger partial charge in [0.1, 0.15) is 0 Å². The van der Waals surface area contributed by atoms with Crippen molar-refractivity contribution in [2.45, 2.75) is 96.8 Å². The summed E-state index contributed by atoms with van der Waals surface area (Å²) in [5.74, 6) is 0. The van der Waals surface area contributed by atoms with Crippen molar-refractivity contribution in [2.24, 2.45) is 0 Å². The van der Waals surface area contributed by atoms with Gasteiger partial charge in [-0.15, -0.1) is 0 Å². The summed E-state index contributed by atoms with van der Waals surface area (Å²) in [4.78, 5) is 4.57. The first-order valence-corrected chi connectivity index (χ1v) is 8.68. The van der Waals surface area contributed by atoms with E-state index in [9.17, 15) is 0 Å². The Hall–Kier alpha value is -0.240. The number of hydrogen-bond donors (Lipinski definition) is 1. The summed E-state index contributed by atoms with van der Waals surface area (Å²) in [7, 11) is 0. The molecule has 6 nitrogen and oxygen atoms in total. The van der Waals surface area contributed by atoms with Crippen LogP contribution in [-0.4, -0.2) is 17.3 Å². The molecule has 0 spiro atoms. The number of hydrogen-bond acceptors (Lipinski definition) is 5. The van der Waals surface area contributed by atoms with Crippen LogP contribution in [0, 0.1) is 0 Å². The second-order valence-corrected chi connectivity index (χ2v) is 5.63. The van der Waals surface area contributed by atoms with E-state index in [0.717, 1.165) is 12.8 Å². The first-order chi connectivity index (χ1) is 10.4. The highest BCUT2D eigenvalue weighted by Gasteiger charge is 1.95. The summed E-state index contributed by atoms with van der Waals surface area (Å²) < 4.78 is 0. The van der Waals surface area contributed by atoms with Crippen LogP contribution in [0.4, 0.5) is 0 Å². The second kappa shape index (κ2) is 23.0. The Bertz CT molecular complexity index is 162. The van der Waals surface area contributed by atoms with E-state index in [1.54, 1.807) is 0 Å². The van der Waals surface area contributed by atoms with Crippen molar-refractivity contribution in [2.75, 3.05) is 6.61 Å². The van der Waals surface area contributed by atoms with Gasteiger partial charge in [0.05, 0.1) is 6.61 Å². The van der Waals surface area contributed by atoms with Crippen molar-refractivity contribution >= 4 is 0 Å². The Morgan fingerprint density at radius 2 is 1.00 bits per heavy atom. The van der Waals surface area contributed by atoms with E-state index >= 15 is 0 Å². The van der Waals surface area contributed by atoms with Gasteiger partial charge in [-0.1, -0.05) is 90.4 Å². The predicted octanol–water partition coefficient (Wildman–Crippen LogP) is 4.93. The first kappa shape index (κ1) is 24.0. The molecule has 0 bridgehead atoms. The molecule has 0 aliphatic heterocycles. The predicted molar refractivity (Wildman–Crippen MR) is 85.8 cm³/mol. The third-order valence-electron chi connectivity index (χ3n) is 3.69. The molecule has 0 atom stereocenters. The van der Waals surface area contributed by atoms with Crippen LogP contribution < -0.4 is 0 Å². The molecule has 0 aromatic rings. The normalized spacial score (nSPS) is 10.6. The molecule has 0 rings (SSSR count). The molecule has 6 heteroatoms. The molecule has 22 heavy (non-hydrogen) atoms. The lowest BCUT2D eigenvalue weighted by molar-refractivity contribution is -0.702. The average molecular weight is 324 g/mol. The third-order valence-corrected chi connectivity index (χ3v) is 3.69. The summed E-state index contributed by atoms with van der Waals surface area (Å²) in [6, 6.07) is 0. The van der Waals surface area contributed by atoms with E-state index < -0.39 is 0 Å². The summed E-state index contributed by atoms with van der Waals surface area (Å²) in [5.41, 5.74) is 0. The van der Waals surface area contributed by atoms with Gasteiger partial charge in [-0.2, -0.15) is 0 Å². The lowest BCUT2D eigenvalue weighted by atomic mass is 10.0. The van der Waals surface area contributed by atoms with Gasteiger partial charge in [0.25, 0.3) is 0 Å². The molecular weight excluding hydrogens is 288 g/mol. The summed E-state index contributed by atoms with van der Waals surface area (Å²) >= 11 is 0. The van der Waals surface area contributed by atoms with Gasteiger partial charge in [0.15, 0.2) is 0 Å². The van der Waals surface area contributed by atoms with Crippen LogP contribution in [0.5, 0.6) is 0 Å². The van der Waals surface area contributed by atoms with Crippen molar-refractivity contribution in [1.29, 1.82) is 0 Å². The van der Waals surface area contributed by atoms with Crippen molar-refractivity contribution in [1.82, 2.24) is 0 Å². The lowest BCUT2D eigenvalue weighted by Crippen LogP contribution is -1.97. The van der Waals surface area contributed by atoms with Crippen LogP contribution >= 0.6 is 0 Å². The standard InChI is InChI=1S/C16H34O5.H2O/c1-2-3-4-5-6-7-8-9-10-11-12-13-14-15-16-18-20-21-19-17;/h17H,2-16H2,1H3;1H2. The minimum atomic E-state index is 0. The molecule has 3 N–H and O–H groups in total. The Balaban J connectivity index is 0. The molecule has 0 fully saturated rings. The van der Waals surface area contributed by atoms with E-state index in [-0.39, 0.29) is 5.48 Å². The van der Waals surface area contributed by atoms with Crippen molar-refractivity contribution in [3.05, 3.63) is 0 Å². The van der Waals surface area contributed by atoms with Gasteiger partial charge in [-0.05, 0) is 21.5 Å². The smallest absolute Gasteiger partial charge is 0.0855 e. The maximum atomic E-state index is 7.76. The van der Waals surface area contributed by atoms with Crippen molar-refractivity contribution < 1.29 is 30.7 Å². The molecular formula is C16H36O6. The minimum Gasteiger partial charge on any atom is -0.412 e. The average Bonchev–Trinajstić information content (AvgIpc) is 2.50. The monoisotopic (exact) mass is 324 g/mol. The fourth-order valence-electron chi connectivity index (χ4n) is 2.42. The van der Waals surface area contributed by atoms with E-state index in [1.165, 1.54) is 77.0 Å². The van der Waals surface area contributed by atoms with Gasteiger partial charge in [-0.3, -0.25) is 0 Å². The second-order valence-electron chi connectivity index (χ2n) is 5.63. The number of unbranched alkanes of at least 4 members (excludes halogenated alkanes) is 13. The largest absolute Gasteiger partial charge is 0.412 e. The zero-order chi connectivity index (χ0) is 15.4. The summed E-state index contributed by atoms with van der Waals surface area (Å²) in [6.45, 7) is 2.71. The Kier molecular flexibility index (Phi) is 25.1. The third kappa shape index (κ3) is 22.0. The maximum absolute atomic E-state index is 7.76.